The van der Waals surface area contributed by atoms with Crippen LogP contribution in [-0.2, 0) is 6.18 Å². The van der Waals surface area contributed by atoms with Gasteiger partial charge in [-0.3, -0.25) is 5.32 Å². The van der Waals surface area contributed by atoms with E-state index in [0.717, 1.165) is 27.9 Å². The summed E-state index contributed by atoms with van der Waals surface area (Å²) < 4.78 is 38.9. The van der Waals surface area contributed by atoms with Crippen LogP contribution in [0, 0.1) is 6.92 Å². The highest BCUT2D eigenvalue weighted by atomic mass is 32.1. The van der Waals surface area contributed by atoms with Gasteiger partial charge in [-0.25, -0.2) is 9.78 Å². The Balaban J connectivity index is 1.73. The van der Waals surface area contributed by atoms with E-state index in [1.165, 1.54) is 23.5 Å². The molecule has 0 unspecified atom stereocenters. The Morgan fingerprint density at radius 1 is 1.12 bits per heavy atom. The predicted molar refractivity (Wildman–Crippen MR) is 88.4 cm³/mol. The van der Waals surface area contributed by atoms with E-state index in [0.29, 0.717) is 5.13 Å². The molecule has 3 aromatic rings. The number of carbonyl (C=O) groups is 1. The second kappa shape index (κ2) is 6.12. The van der Waals surface area contributed by atoms with Crippen LogP contribution in [0.2, 0.25) is 0 Å². The molecule has 4 nitrogen and oxygen atoms in total. The third-order valence-electron chi connectivity index (χ3n) is 3.21. The minimum absolute atomic E-state index is 0.0549. The van der Waals surface area contributed by atoms with Crippen LogP contribution in [0.3, 0.4) is 0 Å². The lowest BCUT2D eigenvalue weighted by Gasteiger charge is -2.09. The molecule has 1 aromatic heterocycles. The monoisotopic (exact) mass is 351 g/mol. The van der Waals surface area contributed by atoms with E-state index in [1.54, 1.807) is 0 Å². The Morgan fingerprint density at radius 2 is 1.92 bits per heavy atom. The molecule has 1 heterocycles. The second-order valence-corrected chi connectivity index (χ2v) is 6.18. The summed E-state index contributed by atoms with van der Waals surface area (Å²) in [4.78, 5) is 16.2. The van der Waals surface area contributed by atoms with Gasteiger partial charge in [0.25, 0.3) is 0 Å². The molecule has 2 aromatic carbocycles. The van der Waals surface area contributed by atoms with Crippen LogP contribution in [0.4, 0.5) is 28.8 Å². The van der Waals surface area contributed by atoms with Gasteiger partial charge < -0.3 is 5.32 Å². The fraction of sp³-hybridized carbons (Fsp3) is 0.125. The van der Waals surface area contributed by atoms with E-state index < -0.39 is 17.8 Å². The molecule has 124 valence electrons. The molecule has 2 amide bonds. The van der Waals surface area contributed by atoms with Crippen molar-refractivity contribution in [2.45, 2.75) is 13.1 Å². The number of aromatic nitrogens is 1. The maximum absolute atomic E-state index is 12.7. The minimum atomic E-state index is -4.46. The Hall–Kier alpha value is -2.61. The van der Waals surface area contributed by atoms with E-state index >= 15 is 0 Å². The second-order valence-electron chi connectivity index (χ2n) is 5.15. The molecule has 0 aliphatic carbocycles. The maximum Gasteiger partial charge on any atom is 0.416 e. The predicted octanol–water partition coefficient (Wildman–Crippen LogP) is 5.27. The number of halogens is 3. The molecule has 2 N–H and O–H groups in total. The molecule has 0 atom stereocenters. The van der Waals surface area contributed by atoms with Crippen LogP contribution < -0.4 is 10.6 Å². The lowest BCUT2D eigenvalue weighted by atomic mass is 10.2. The number of nitrogens with one attached hydrogen (secondary N) is 2. The molecule has 0 saturated heterocycles. The first-order chi connectivity index (χ1) is 11.3. The average Bonchev–Trinajstić information content (AvgIpc) is 2.87. The normalized spacial score (nSPS) is 11.5. The average molecular weight is 351 g/mol. The van der Waals surface area contributed by atoms with Gasteiger partial charge in [-0.1, -0.05) is 23.5 Å². The van der Waals surface area contributed by atoms with Gasteiger partial charge in [-0.15, -0.1) is 0 Å². The maximum atomic E-state index is 12.7. The topological polar surface area (TPSA) is 54.0 Å². The van der Waals surface area contributed by atoms with Crippen molar-refractivity contribution in [2.24, 2.45) is 0 Å². The number of rotatable bonds is 2. The molecule has 0 fully saturated rings. The van der Waals surface area contributed by atoms with Gasteiger partial charge >= 0.3 is 12.2 Å². The number of urea groups is 1. The Bertz CT molecular complexity index is 905. The fourth-order valence-electron chi connectivity index (χ4n) is 2.12. The number of nitrogens with zero attached hydrogens (tertiary/aromatic N) is 1. The first-order valence-corrected chi connectivity index (χ1v) is 7.75. The van der Waals surface area contributed by atoms with Crippen LogP contribution in [0.25, 0.3) is 10.2 Å². The Labute approximate surface area is 139 Å². The number of amides is 2. The van der Waals surface area contributed by atoms with E-state index in [-0.39, 0.29) is 5.69 Å². The van der Waals surface area contributed by atoms with E-state index in [4.69, 9.17) is 0 Å². The first-order valence-electron chi connectivity index (χ1n) is 6.94. The largest absolute Gasteiger partial charge is 0.416 e. The number of hydrogen-bond acceptors (Lipinski definition) is 3. The summed E-state index contributed by atoms with van der Waals surface area (Å²) in [5, 5.41) is 5.28. The molecule has 3 rings (SSSR count). The smallest absolute Gasteiger partial charge is 0.308 e. The van der Waals surface area contributed by atoms with Crippen molar-refractivity contribution in [3.63, 3.8) is 0 Å². The molecule has 0 aliphatic rings. The Kier molecular flexibility index (Phi) is 4.15. The fourth-order valence-corrected chi connectivity index (χ4v) is 3.08. The summed E-state index contributed by atoms with van der Waals surface area (Å²) in [5.74, 6) is 0. The molecule has 0 bridgehead atoms. The van der Waals surface area contributed by atoms with Crippen LogP contribution in [0.15, 0.2) is 42.5 Å². The first kappa shape index (κ1) is 16.3. The zero-order valence-corrected chi connectivity index (χ0v) is 13.3. The SMILES string of the molecule is Cc1ccc2nc(NC(=O)Nc3cccc(C(F)(F)F)c3)sc2c1. The van der Waals surface area contributed by atoms with Gasteiger partial charge in [0.15, 0.2) is 5.13 Å². The van der Waals surface area contributed by atoms with Gasteiger partial charge in [-0.05, 0) is 42.8 Å². The van der Waals surface area contributed by atoms with Gasteiger partial charge in [0.2, 0.25) is 0 Å². The van der Waals surface area contributed by atoms with Gasteiger partial charge in [0, 0.05) is 5.69 Å². The van der Waals surface area contributed by atoms with Crippen molar-refractivity contribution < 1.29 is 18.0 Å². The van der Waals surface area contributed by atoms with Crippen LogP contribution in [0.5, 0.6) is 0 Å². The van der Waals surface area contributed by atoms with Crippen molar-refractivity contribution >= 4 is 38.4 Å². The molecule has 0 radical (unpaired) electrons. The van der Waals surface area contributed by atoms with E-state index in [9.17, 15) is 18.0 Å². The number of carbonyl (C=O) groups excluding carboxylic acids is 1. The van der Waals surface area contributed by atoms with Crippen LogP contribution in [-0.4, -0.2) is 11.0 Å². The number of hydrogen-bond donors (Lipinski definition) is 2. The summed E-state index contributed by atoms with van der Waals surface area (Å²) >= 11 is 1.29. The highest BCUT2D eigenvalue weighted by molar-refractivity contribution is 7.22. The molecular formula is C16H12F3N3OS. The van der Waals surface area contributed by atoms with E-state index in [1.807, 2.05) is 25.1 Å². The third kappa shape index (κ3) is 3.65. The lowest BCUT2D eigenvalue weighted by Crippen LogP contribution is -2.19. The summed E-state index contributed by atoms with van der Waals surface area (Å²) in [5.41, 5.74) is 1.06. The van der Waals surface area contributed by atoms with Crippen LogP contribution in [0.1, 0.15) is 11.1 Å². The summed E-state index contributed by atoms with van der Waals surface area (Å²) in [6.07, 6.45) is -4.46. The quantitative estimate of drug-likeness (QED) is 0.661. The number of anilines is 2. The van der Waals surface area contributed by atoms with Crippen molar-refractivity contribution in [3.8, 4) is 0 Å². The van der Waals surface area contributed by atoms with Crippen molar-refractivity contribution in [1.29, 1.82) is 0 Å². The lowest BCUT2D eigenvalue weighted by molar-refractivity contribution is -0.137. The van der Waals surface area contributed by atoms with Gasteiger partial charge in [-0.2, -0.15) is 13.2 Å². The zero-order valence-electron chi connectivity index (χ0n) is 12.4. The molecule has 0 aliphatic heterocycles. The van der Waals surface area contributed by atoms with Crippen molar-refractivity contribution in [2.75, 3.05) is 10.6 Å². The zero-order chi connectivity index (χ0) is 17.3. The summed E-state index contributed by atoms with van der Waals surface area (Å²) in [6.45, 7) is 1.95. The molecule has 8 heteroatoms. The number of aryl methyl sites for hydroxylation is 1. The number of alkyl halides is 3. The molecular weight excluding hydrogens is 339 g/mol. The van der Waals surface area contributed by atoms with Gasteiger partial charge in [0.05, 0.1) is 15.8 Å². The summed E-state index contributed by atoms with van der Waals surface area (Å²) in [7, 11) is 0. The van der Waals surface area contributed by atoms with Crippen molar-refractivity contribution in [1.82, 2.24) is 4.98 Å². The van der Waals surface area contributed by atoms with E-state index in [2.05, 4.69) is 15.6 Å². The van der Waals surface area contributed by atoms with Gasteiger partial charge in [0.1, 0.15) is 0 Å². The summed E-state index contributed by atoms with van der Waals surface area (Å²) in [6, 6.07) is 9.49. The van der Waals surface area contributed by atoms with Crippen LogP contribution >= 0.6 is 11.3 Å². The van der Waals surface area contributed by atoms with Crippen molar-refractivity contribution in [3.05, 3.63) is 53.6 Å². The third-order valence-corrected chi connectivity index (χ3v) is 4.15. The number of fused-ring (bicyclic) bond motifs is 1. The molecule has 24 heavy (non-hydrogen) atoms. The highest BCUT2D eigenvalue weighted by Gasteiger charge is 2.30. The highest BCUT2D eigenvalue weighted by Crippen LogP contribution is 2.31. The number of benzene rings is 2. The Morgan fingerprint density at radius 3 is 2.67 bits per heavy atom. The number of thiazole rings is 1. The molecule has 0 spiro atoms. The minimum Gasteiger partial charge on any atom is -0.308 e. The standard InChI is InChI=1S/C16H12F3N3OS/c1-9-5-6-12-13(7-9)24-15(21-12)22-14(23)20-11-4-2-3-10(8-11)16(17,18)19/h2-8H,1H3,(H2,20,21,22,23). The molecule has 0 saturated carbocycles.